The predicted molar refractivity (Wildman–Crippen MR) is 168 cm³/mol. The first-order valence-electron chi connectivity index (χ1n) is 13.9. The third-order valence-corrected chi connectivity index (χ3v) is 10.8. The van der Waals surface area contributed by atoms with Crippen LogP contribution in [0.1, 0.15) is 53.1 Å². The SMILES string of the molecule is CN(C[C@@H](CCC1N(S(C)(=O)=O)c2ccc(F)cc2C12CCNCC2)c1ccc(Cl)c(Cl)c1)C(=O)c1cccc(Cl)c1. The lowest BCUT2D eigenvalue weighted by atomic mass is 9.68. The summed E-state index contributed by atoms with van der Waals surface area (Å²) in [6.45, 7) is 1.76. The van der Waals surface area contributed by atoms with Crippen molar-refractivity contribution < 1.29 is 17.6 Å². The first-order valence-corrected chi connectivity index (χ1v) is 16.8. The van der Waals surface area contributed by atoms with Crippen molar-refractivity contribution >= 4 is 56.4 Å². The van der Waals surface area contributed by atoms with Gasteiger partial charge in [0.05, 0.1) is 28.0 Å². The maximum atomic E-state index is 14.6. The molecule has 42 heavy (non-hydrogen) atoms. The average molecular weight is 653 g/mol. The topological polar surface area (TPSA) is 69.7 Å². The Bertz CT molecular complexity index is 1600. The minimum Gasteiger partial charge on any atom is -0.341 e. The monoisotopic (exact) mass is 651 g/mol. The molecule has 5 rings (SSSR count). The number of rotatable bonds is 8. The van der Waals surface area contributed by atoms with E-state index in [-0.39, 0.29) is 17.6 Å². The quantitative estimate of drug-likeness (QED) is 0.288. The molecule has 2 heterocycles. The summed E-state index contributed by atoms with van der Waals surface area (Å²) < 4.78 is 42.7. The molecule has 0 radical (unpaired) electrons. The molecule has 1 unspecified atom stereocenters. The molecule has 2 aliphatic heterocycles. The van der Waals surface area contributed by atoms with Crippen LogP contribution in [0, 0.1) is 5.82 Å². The lowest BCUT2D eigenvalue weighted by molar-refractivity contribution is 0.0783. The minimum atomic E-state index is -3.68. The molecule has 0 aliphatic carbocycles. The van der Waals surface area contributed by atoms with Gasteiger partial charge in [-0.15, -0.1) is 0 Å². The number of benzene rings is 3. The van der Waals surface area contributed by atoms with E-state index in [1.807, 2.05) is 6.07 Å². The molecule has 0 bridgehead atoms. The predicted octanol–water partition coefficient (Wildman–Crippen LogP) is 6.89. The molecular formula is C31H33Cl3FN3O3S. The Balaban J connectivity index is 1.50. The minimum absolute atomic E-state index is 0.182. The number of nitrogens with zero attached hydrogens (tertiary/aromatic N) is 2. The number of hydrogen-bond acceptors (Lipinski definition) is 4. The van der Waals surface area contributed by atoms with Crippen LogP contribution in [-0.2, 0) is 15.4 Å². The van der Waals surface area contributed by atoms with Gasteiger partial charge in [-0.1, -0.05) is 46.9 Å². The second-order valence-electron chi connectivity index (χ2n) is 11.3. The van der Waals surface area contributed by atoms with E-state index < -0.39 is 21.5 Å². The van der Waals surface area contributed by atoms with Gasteiger partial charge >= 0.3 is 0 Å². The highest BCUT2D eigenvalue weighted by molar-refractivity contribution is 7.92. The van der Waals surface area contributed by atoms with Gasteiger partial charge in [-0.05, 0) is 98.4 Å². The number of carbonyl (C=O) groups excluding carboxylic acids is 1. The molecule has 1 amide bonds. The summed E-state index contributed by atoms with van der Waals surface area (Å²) in [5.41, 5.74) is 2.13. The molecule has 3 aromatic carbocycles. The Morgan fingerprint density at radius 3 is 2.48 bits per heavy atom. The maximum Gasteiger partial charge on any atom is 0.253 e. The second-order valence-corrected chi connectivity index (χ2v) is 14.4. The van der Waals surface area contributed by atoms with Gasteiger partial charge in [-0.2, -0.15) is 0 Å². The van der Waals surface area contributed by atoms with E-state index in [2.05, 4.69) is 5.32 Å². The zero-order chi connectivity index (χ0) is 30.2. The summed E-state index contributed by atoms with van der Waals surface area (Å²) >= 11 is 18.8. The number of likely N-dealkylation sites (N-methyl/N-ethyl adjacent to an activating group) is 1. The maximum absolute atomic E-state index is 14.6. The third-order valence-electron chi connectivity index (χ3n) is 8.62. The summed E-state index contributed by atoms with van der Waals surface area (Å²) in [7, 11) is -1.94. The van der Waals surface area contributed by atoms with E-state index in [0.717, 1.165) is 11.1 Å². The highest BCUT2D eigenvalue weighted by Gasteiger charge is 2.53. The van der Waals surface area contributed by atoms with Crippen LogP contribution in [-0.4, -0.2) is 58.2 Å². The fourth-order valence-corrected chi connectivity index (χ4v) is 8.48. The Kier molecular flexibility index (Phi) is 9.12. The molecule has 1 saturated heterocycles. The summed E-state index contributed by atoms with van der Waals surface area (Å²) in [5.74, 6) is -0.747. The molecule has 1 spiro atoms. The molecule has 0 aromatic heterocycles. The number of amides is 1. The van der Waals surface area contributed by atoms with Crippen molar-refractivity contribution in [1.29, 1.82) is 0 Å². The third kappa shape index (κ3) is 6.15. The van der Waals surface area contributed by atoms with Gasteiger partial charge in [0.1, 0.15) is 5.82 Å². The van der Waals surface area contributed by atoms with Crippen molar-refractivity contribution in [2.75, 3.05) is 37.2 Å². The molecule has 1 N–H and O–H groups in total. The first kappa shape index (κ1) is 31.1. The molecule has 6 nitrogen and oxygen atoms in total. The number of sulfonamides is 1. The van der Waals surface area contributed by atoms with Gasteiger partial charge in [0.25, 0.3) is 5.91 Å². The number of halogens is 4. The fourth-order valence-electron chi connectivity index (χ4n) is 6.69. The summed E-state index contributed by atoms with van der Waals surface area (Å²) in [6.07, 6.45) is 3.62. The normalized spacial score (nSPS) is 18.6. The Morgan fingerprint density at radius 2 is 1.81 bits per heavy atom. The van der Waals surface area contributed by atoms with Gasteiger partial charge in [0, 0.05) is 35.5 Å². The molecule has 11 heteroatoms. The van der Waals surface area contributed by atoms with Gasteiger partial charge in [0.15, 0.2) is 0 Å². The number of nitrogens with one attached hydrogen (secondary N) is 1. The molecule has 0 saturated carbocycles. The van der Waals surface area contributed by atoms with Crippen LogP contribution in [0.4, 0.5) is 10.1 Å². The number of anilines is 1. The Labute approximate surface area is 261 Å². The lowest BCUT2D eigenvalue weighted by Crippen LogP contribution is -2.52. The Morgan fingerprint density at radius 1 is 1.07 bits per heavy atom. The highest BCUT2D eigenvalue weighted by Crippen LogP contribution is 2.53. The molecule has 1 fully saturated rings. The number of carbonyl (C=O) groups is 1. The molecular weight excluding hydrogens is 620 g/mol. The largest absolute Gasteiger partial charge is 0.341 e. The number of piperidine rings is 1. The van der Waals surface area contributed by atoms with Crippen molar-refractivity contribution in [3.63, 3.8) is 0 Å². The van der Waals surface area contributed by atoms with Crippen LogP contribution in [0.5, 0.6) is 0 Å². The summed E-state index contributed by atoms with van der Waals surface area (Å²) in [4.78, 5) is 15.0. The van der Waals surface area contributed by atoms with Crippen LogP contribution in [0.2, 0.25) is 15.1 Å². The number of fused-ring (bicyclic) bond motifs is 2. The molecule has 224 valence electrons. The Hall–Kier alpha value is -2.36. The molecule has 2 aliphatic rings. The van der Waals surface area contributed by atoms with Gasteiger partial charge < -0.3 is 10.2 Å². The van der Waals surface area contributed by atoms with Crippen LogP contribution in [0.25, 0.3) is 0 Å². The van der Waals surface area contributed by atoms with Crippen molar-refractivity contribution in [3.05, 3.63) is 98.2 Å². The second kappa shape index (κ2) is 12.3. The van der Waals surface area contributed by atoms with Crippen molar-refractivity contribution in [2.24, 2.45) is 0 Å². The summed E-state index contributed by atoms with van der Waals surface area (Å²) in [6, 6.07) is 16.2. The van der Waals surface area contributed by atoms with Crippen molar-refractivity contribution in [1.82, 2.24) is 10.2 Å². The lowest BCUT2D eigenvalue weighted by Gasteiger charge is -2.42. The van der Waals surface area contributed by atoms with E-state index in [9.17, 15) is 17.6 Å². The molecule has 2 atom stereocenters. The van der Waals surface area contributed by atoms with Crippen molar-refractivity contribution in [2.45, 2.75) is 43.1 Å². The zero-order valence-electron chi connectivity index (χ0n) is 23.4. The van der Waals surface area contributed by atoms with Gasteiger partial charge in [0.2, 0.25) is 10.0 Å². The van der Waals surface area contributed by atoms with Gasteiger partial charge in [-0.3, -0.25) is 9.10 Å². The zero-order valence-corrected chi connectivity index (χ0v) is 26.5. The van der Waals surface area contributed by atoms with E-state index in [1.54, 1.807) is 54.4 Å². The van der Waals surface area contributed by atoms with Crippen LogP contribution < -0.4 is 9.62 Å². The standard InChI is InChI=1S/C31H33Cl3FN3O3S/c1-37(30(39)21-4-3-5-23(32)16-21)19-22(20-6-9-26(33)27(34)17-20)7-11-29-31(12-14-36-15-13-31)25-18-24(35)8-10-28(25)38(29)42(2,40)41/h3-6,8-10,16-18,22,29,36H,7,11-15,19H2,1-2H3/t22-,29?/m1/s1. The fraction of sp³-hybridized carbons (Fsp3) is 0.387. The van der Waals surface area contributed by atoms with E-state index in [4.69, 9.17) is 34.8 Å². The summed E-state index contributed by atoms with van der Waals surface area (Å²) in [5, 5.41) is 4.67. The van der Waals surface area contributed by atoms with Crippen LogP contribution >= 0.6 is 34.8 Å². The van der Waals surface area contributed by atoms with Crippen LogP contribution in [0.3, 0.4) is 0 Å². The van der Waals surface area contributed by atoms with E-state index in [0.29, 0.717) is 71.6 Å². The van der Waals surface area contributed by atoms with Gasteiger partial charge in [-0.25, -0.2) is 12.8 Å². The van der Waals surface area contributed by atoms with Crippen LogP contribution in [0.15, 0.2) is 60.7 Å². The van der Waals surface area contributed by atoms with Crippen molar-refractivity contribution in [3.8, 4) is 0 Å². The number of hydrogen-bond donors (Lipinski definition) is 1. The highest BCUT2D eigenvalue weighted by atomic mass is 35.5. The first-order chi connectivity index (χ1) is 19.9. The average Bonchev–Trinajstić information content (AvgIpc) is 3.20. The smallest absolute Gasteiger partial charge is 0.253 e. The molecule has 3 aromatic rings. The van der Waals surface area contributed by atoms with E-state index >= 15 is 0 Å². The van der Waals surface area contributed by atoms with E-state index in [1.165, 1.54) is 22.7 Å².